The monoisotopic (exact) mass is 476 g/mol. The van der Waals surface area contributed by atoms with E-state index >= 15 is 0 Å². The molecule has 0 spiro atoms. The van der Waals surface area contributed by atoms with Crippen molar-refractivity contribution in [2.45, 2.75) is 53.6 Å². The summed E-state index contributed by atoms with van der Waals surface area (Å²) in [5.41, 5.74) is 6.19. The van der Waals surface area contributed by atoms with Gasteiger partial charge < -0.3 is 5.32 Å². The maximum Gasteiger partial charge on any atom is 0.255 e. The van der Waals surface area contributed by atoms with Crippen LogP contribution >= 0.6 is 11.6 Å². The van der Waals surface area contributed by atoms with Crippen LogP contribution in [-0.2, 0) is 24.3 Å². The van der Waals surface area contributed by atoms with Gasteiger partial charge in [-0.15, -0.1) is 0 Å². The second-order valence-electron chi connectivity index (χ2n) is 8.59. The van der Waals surface area contributed by atoms with Gasteiger partial charge in [0.25, 0.3) is 5.56 Å². The Bertz CT molecular complexity index is 1420. The van der Waals surface area contributed by atoms with E-state index in [-0.39, 0.29) is 17.9 Å². The molecule has 1 N–H and O–H groups in total. The van der Waals surface area contributed by atoms with Crippen molar-refractivity contribution < 1.29 is 4.79 Å². The van der Waals surface area contributed by atoms with Gasteiger partial charge in [-0.05, 0) is 75.1 Å². The van der Waals surface area contributed by atoms with Crippen molar-refractivity contribution in [3.05, 3.63) is 91.9 Å². The molecular formula is C27H29ClN4O2. The first-order chi connectivity index (χ1) is 16.3. The summed E-state index contributed by atoms with van der Waals surface area (Å²) >= 11 is 5.92. The van der Waals surface area contributed by atoms with Crippen molar-refractivity contribution in [1.82, 2.24) is 19.7 Å². The van der Waals surface area contributed by atoms with E-state index in [9.17, 15) is 9.59 Å². The summed E-state index contributed by atoms with van der Waals surface area (Å²) in [6, 6.07) is 15.5. The van der Waals surface area contributed by atoms with Crippen molar-refractivity contribution in [1.29, 1.82) is 0 Å². The molecule has 0 aliphatic rings. The van der Waals surface area contributed by atoms with Crippen LogP contribution in [-0.4, -0.2) is 20.3 Å². The number of hydrogen-bond acceptors (Lipinski definition) is 3. The van der Waals surface area contributed by atoms with Gasteiger partial charge in [0, 0.05) is 35.5 Å². The zero-order chi connectivity index (χ0) is 24.4. The molecule has 0 saturated heterocycles. The quantitative estimate of drug-likeness (QED) is 0.406. The molecule has 0 aliphatic carbocycles. The minimum atomic E-state index is -0.0935. The van der Waals surface area contributed by atoms with Crippen LogP contribution in [0.5, 0.6) is 0 Å². The van der Waals surface area contributed by atoms with Gasteiger partial charge in [-0.1, -0.05) is 35.9 Å². The van der Waals surface area contributed by atoms with E-state index in [2.05, 4.69) is 11.4 Å². The largest absolute Gasteiger partial charge is 0.352 e. The lowest BCUT2D eigenvalue weighted by Crippen LogP contribution is -2.28. The summed E-state index contributed by atoms with van der Waals surface area (Å²) in [6.45, 7) is 8.87. The Balaban J connectivity index is 1.64. The van der Waals surface area contributed by atoms with Crippen LogP contribution in [0.2, 0.25) is 5.02 Å². The van der Waals surface area contributed by atoms with Gasteiger partial charge in [0.15, 0.2) is 0 Å². The van der Waals surface area contributed by atoms with Gasteiger partial charge in [0.1, 0.15) is 5.65 Å². The van der Waals surface area contributed by atoms with Crippen molar-refractivity contribution in [3.8, 4) is 5.69 Å². The molecule has 6 nitrogen and oxygen atoms in total. The third-order valence-corrected chi connectivity index (χ3v) is 6.44. The molecule has 0 bridgehead atoms. The number of benzene rings is 2. The van der Waals surface area contributed by atoms with E-state index in [1.54, 1.807) is 16.7 Å². The summed E-state index contributed by atoms with van der Waals surface area (Å²) in [7, 11) is 0. The van der Waals surface area contributed by atoms with Gasteiger partial charge in [0.05, 0.1) is 11.4 Å². The van der Waals surface area contributed by atoms with Crippen LogP contribution in [0, 0.1) is 20.8 Å². The maximum absolute atomic E-state index is 13.5. The number of halogens is 1. The smallest absolute Gasteiger partial charge is 0.255 e. The molecular weight excluding hydrogens is 448 g/mol. The number of nitrogens with one attached hydrogen (secondary N) is 1. The number of amides is 1. The fourth-order valence-electron chi connectivity index (χ4n) is 4.43. The average Bonchev–Trinajstić information content (AvgIpc) is 3.16. The highest BCUT2D eigenvalue weighted by Gasteiger charge is 2.21. The number of aromatic nitrogens is 3. The Kier molecular flexibility index (Phi) is 6.89. The molecule has 0 unspecified atom stereocenters. The van der Waals surface area contributed by atoms with Crippen LogP contribution in [0.1, 0.15) is 41.3 Å². The van der Waals surface area contributed by atoms with Crippen molar-refractivity contribution in [3.63, 3.8) is 0 Å². The van der Waals surface area contributed by atoms with Crippen LogP contribution in [0.25, 0.3) is 16.7 Å². The number of nitrogens with zero attached hydrogens (tertiary/aromatic N) is 3. The van der Waals surface area contributed by atoms with Gasteiger partial charge in [0.2, 0.25) is 5.91 Å². The summed E-state index contributed by atoms with van der Waals surface area (Å²) < 4.78 is 3.63. The van der Waals surface area contributed by atoms with Crippen LogP contribution in [0.15, 0.2) is 53.3 Å². The number of rotatable bonds is 7. The number of hydrogen-bond donors (Lipinski definition) is 1. The molecule has 0 saturated carbocycles. The lowest BCUT2D eigenvalue weighted by molar-refractivity contribution is -0.121. The topological polar surface area (TPSA) is 68.9 Å². The highest BCUT2D eigenvalue weighted by atomic mass is 35.5. The molecule has 0 radical (unpaired) electrons. The van der Waals surface area contributed by atoms with E-state index in [0.29, 0.717) is 30.1 Å². The SMILES string of the molecule is CCn1c(=O)c(CCC(=O)NCc2ccc(Cl)cc2)c(C)c2c(C)nn(-c3cccc(C)c3)c21. The van der Waals surface area contributed by atoms with Crippen LogP contribution < -0.4 is 10.9 Å². The second-order valence-corrected chi connectivity index (χ2v) is 9.03. The fourth-order valence-corrected chi connectivity index (χ4v) is 4.56. The molecule has 4 rings (SSSR count). The zero-order valence-electron chi connectivity index (χ0n) is 20.0. The summed E-state index contributed by atoms with van der Waals surface area (Å²) in [5, 5.41) is 9.35. The third-order valence-electron chi connectivity index (χ3n) is 6.19. The molecule has 2 aromatic carbocycles. The number of aryl methyl sites for hydroxylation is 4. The standard InChI is InChI=1S/C27H29ClN4O2/c1-5-31-26-25(19(4)30-32(26)22-8-6-7-17(2)15-22)18(3)23(27(31)34)13-14-24(33)29-16-20-9-11-21(28)12-10-20/h6-12,15H,5,13-14,16H2,1-4H3,(H,29,33). The lowest BCUT2D eigenvalue weighted by atomic mass is 10.0. The molecule has 1 amide bonds. The number of carbonyl (C=O) groups excluding carboxylic acids is 1. The Morgan fingerprint density at radius 1 is 1.09 bits per heavy atom. The Morgan fingerprint density at radius 2 is 1.82 bits per heavy atom. The van der Waals surface area contributed by atoms with E-state index in [1.165, 1.54) is 0 Å². The van der Waals surface area contributed by atoms with E-state index < -0.39 is 0 Å². The number of fused-ring (bicyclic) bond motifs is 1. The highest BCUT2D eigenvalue weighted by Crippen LogP contribution is 2.26. The Hall–Kier alpha value is -3.38. The van der Waals surface area contributed by atoms with Crippen molar-refractivity contribution >= 4 is 28.5 Å². The molecule has 4 aromatic rings. The fraction of sp³-hybridized carbons (Fsp3) is 0.296. The maximum atomic E-state index is 13.5. The predicted molar refractivity (Wildman–Crippen MR) is 137 cm³/mol. The first kappa shape index (κ1) is 23.8. The first-order valence-corrected chi connectivity index (χ1v) is 11.9. The molecule has 0 atom stereocenters. The van der Waals surface area contributed by atoms with Crippen molar-refractivity contribution in [2.24, 2.45) is 0 Å². The molecule has 176 valence electrons. The normalized spacial score (nSPS) is 11.2. The molecule has 0 fully saturated rings. The molecule has 2 heterocycles. The van der Waals surface area contributed by atoms with Crippen molar-refractivity contribution in [2.75, 3.05) is 0 Å². The van der Waals surface area contributed by atoms with Gasteiger partial charge in [-0.25, -0.2) is 4.68 Å². The summed E-state index contributed by atoms with van der Waals surface area (Å²) in [5.74, 6) is -0.0935. The Labute approximate surface area is 204 Å². The minimum absolute atomic E-state index is 0.0631. The van der Waals surface area contributed by atoms with E-state index in [0.717, 1.165) is 39.1 Å². The average molecular weight is 477 g/mol. The van der Waals surface area contributed by atoms with E-state index in [4.69, 9.17) is 16.7 Å². The predicted octanol–water partition coefficient (Wildman–Crippen LogP) is 5.03. The number of pyridine rings is 1. The summed E-state index contributed by atoms with van der Waals surface area (Å²) in [4.78, 5) is 26.0. The zero-order valence-corrected chi connectivity index (χ0v) is 20.7. The van der Waals surface area contributed by atoms with Gasteiger partial charge >= 0.3 is 0 Å². The van der Waals surface area contributed by atoms with Crippen LogP contribution in [0.4, 0.5) is 0 Å². The lowest BCUT2D eigenvalue weighted by Gasteiger charge is -2.15. The first-order valence-electron chi connectivity index (χ1n) is 11.5. The number of carbonyl (C=O) groups is 1. The molecule has 7 heteroatoms. The molecule has 0 aliphatic heterocycles. The highest BCUT2D eigenvalue weighted by molar-refractivity contribution is 6.30. The molecule has 2 aromatic heterocycles. The van der Waals surface area contributed by atoms with Gasteiger partial charge in [-0.3, -0.25) is 14.2 Å². The Morgan fingerprint density at radius 3 is 2.50 bits per heavy atom. The minimum Gasteiger partial charge on any atom is -0.352 e. The van der Waals surface area contributed by atoms with Crippen LogP contribution in [0.3, 0.4) is 0 Å². The second kappa shape index (κ2) is 9.85. The molecule has 34 heavy (non-hydrogen) atoms. The summed E-state index contributed by atoms with van der Waals surface area (Å²) in [6.07, 6.45) is 0.617. The third kappa shape index (κ3) is 4.64. The van der Waals surface area contributed by atoms with E-state index in [1.807, 2.05) is 62.7 Å². The van der Waals surface area contributed by atoms with Gasteiger partial charge in [-0.2, -0.15) is 5.10 Å².